The van der Waals surface area contributed by atoms with Crippen molar-refractivity contribution >= 4 is 39.2 Å². The van der Waals surface area contributed by atoms with Crippen LogP contribution >= 0.6 is 11.6 Å². The fourth-order valence-corrected chi connectivity index (χ4v) is 4.35. The van der Waals surface area contributed by atoms with Gasteiger partial charge in [-0.25, -0.2) is 13.2 Å². The van der Waals surface area contributed by atoms with E-state index in [1.807, 2.05) is 0 Å². The van der Waals surface area contributed by atoms with Crippen molar-refractivity contribution in [2.75, 3.05) is 32.1 Å². The van der Waals surface area contributed by atoms with Crippen molar-refractivity contribution in [3.05, 3.63) is 53.1 Å². The molecule has 0 spiro atoms. The van der Waals surface area contributed by atoms with Gasteiger partial charge in [0.15, 0.2) is 6.61 Å². The SMILES string of the molecule is CCN(CC)S(=O)(=O)c1ccc(C(=O)OCC(=O)Nc2ccc(OC)c(Cl)c2)cc1. The van der Waals surface area contributed by atoms with Crippen molar-refractivity contribution in [2.24, 2.45) is 0 Å². The van der Waals surface area contributed by atoms with Crippen LogP contribution in [0.2, 0.25) is 5.02 Å². The van der Waals surface area contributed by atoms with Gasteiger partial charge in [0.05, 0.1) is 22.6 Å². The summed E-state index contributed by atoms with van der Waals surface area (Å²) < 4.78 is 36.3. The summed E-state index contributed by atoms with van der Waals surface area (Å²) in [4.78, 5) is 24.2. The molecule has 0 aliphatic heterocycles. The van der Waals surface area contributed by atoms with E-state index >= 15 is 0 Å². The Balaban J connectivity index is 1.96. The van der Waals surface area contributed by atoms with E-state index in [4.69, 9.17) is 21.1 Å². The van der Waals surface area contributed by atoms with Crippen LogP contribution in [-0.2, 0) is 19.6 Å². The van der Waals surface area contributed by atoms with Crippen molar-refractivity contribution in [3.8, 4) is 5.75 Å². The number of esters is 1. The summed E-state index contributed by atoms with van der Waals surface area (Å²) in [5.74, 6) is -0.831. The molecule has 0 atom stereocenters. The Morgan fingerprint density at radius 1 is 1.07 bits per heavy atom. The van der Waals surface area contributed by atoms with Crippen LogP contribution in [0.1, 0.15) is 24.2 Å². The number of sulfonamides is 1. The fourth-order valence-electron chi connectivity index (χ4n) is 2.63. The number of anilines is 1. The van der Waals surface area contributed by atoms with E-state index in [1.54, 1.807) is 26.0 Å². The van der Waals surface area contributed by atoms with Crippen LogP contribution in [-0.4, -0.2) is 51.4 Å². The molecule has 0 saturated heterocycles. The number of halogens is 1. The Morgan fingerprint density at radius 2 is 1.70 bits per heavy atom. The first kappa shape index (κ1) is 23.7. The van der Waals surface area contributed by atoms with E-state index < -0.39 is 28.5 Å². The lowest BCUT2D eigenvalue weighted by Gasteiger charge is -2.18. The summed E-state index contributed by atoms with van der Waals surface area (Å²) in [6.45, 7) is 3.67. The van der Waals surface area contributed by atoms with Crippen LogP contribution in [0.5, 0.6) is 5.75 Å². The largest absolute Gasteiger partial charge is 0.495 e. The summed E-state index contributed by atoms with van der Waals surface area (Å²) >= 11 is 6.00. The van der Waals surface area contributed by atoms with Crippen molar-refractivity contribution in [3.63, 3.8) is 0 Å². The Hall–Kier alpha value is -2.62. The number of nitrogens with one attached hydrogen (secondary N) is 1. The lowest BCUT2D eigenvalue weighted by atomic mass is 10.2. The molecule has 0 unspecified atom stereocenters. The maximum Gasteiger partial charge on any atom is 0.338 e. The summed E-state index contributed by atoms with van der Waals surface area (Å²) in [6, 6.07) is 10.1. The summed E-state index contributed by atoms with van der Waals surface area (Å²) in [7, 11) is -2.14. The summed E-state index contributed by atoms with van der Waals surface area (Å²) in [5.41, 5.74) is 0.557. The molecule has 0 saturated carbocycles. The van der Waals surface area contributed by atoms with Gasteiger partial charge in [-0.3, -0.25) is 4.79 Å². The fraction of sp³-hybridized carbons (Fsp3) is 0.300. The first-order chi connectivity index (χ1) is 14.2. The van der Waals surface area contributed by atoms with Gasteiger partial charge >= 0.3 is 5.97 Å². The molecule has 0 fully saturated rings. The number of benzene rings is 2. The Labute approximate surface area is 180 Å². The van der Waals surface area contributed by atoms with Crippen molar-refractivity contribution in [1.29, 1.82) is 0 Å². The molecule has 0 bridgehead atoms. The van der Waals surface area contributed by atoms with Gasteiger partial charge in [-0.05, 0) is 42.5 Å². The number of hydrogen-bond acceptors (Lipinski definition) is 6. The Morgan fingerprint density at radius 3 is 2.23 bits per heavy atom. The number of amides is 1. The van der Waals surface area contributed by atoms with Crippen LogP contribution in [0.3, 0.4) is 0 Å². The maximum absolute atomic E-state index is 12.5. The van der Waals surface area contributed by atoms with Gasteiger partial charge in [-0.2, -0.15) is 4.31 Å². The number of methoxy groups -OCH3 is 1. The average Bonchev–Trinajstić information content (AvgIpc) is 2.73. The third-order valence-corrected chi connectivity index (χ3v) is 6.56. The molecule has 0 aromatic heterocycles. The van der Waals surface area contributed by atoms with Crippen LogP contribution in [0.15, 0.2) is 47.4 Å². The Bertz CT molecular complexity index is 1000. The van der Waals surface area contributed by atoms with E-state index in [0.717, 1.165) is 0 Å². The minimum absolute atomic E-state index is 0.0804. The predicted molar refractivity (Wildman–Crippen MR) is 113 cm³/mol. The number of carbonyl (C=O) groups is 2. The zero-order valence-electron chi connectivity index (χ0n) is 16.8. The van der Waals surface area contributed by atoms with E-state index in [9.17, 15) is 18.0 Å². The second-order valence-corrected chi connectivity index (χ2v) is 8.43. The highest BCUT2D eigenvalue weighted by Crippen LogP contribution is 2.27. The maximum atomic E-state index is 12.5. The van der Waals surface area contributed by atoms with Crippen LogP contribution in [0, 0.1) is 0 Å². The summed E-state index contributed by atoms with van der Waals surface area (Å²) in [6.07, 6.45) is 0. The second-order valence-electron chi connectivity index (χ2n) is 6.09. The molecule has 0 aliphatic rings. The lowest BCUT2D eigenvalue weighted by molar-refractivity contribution is -0.119. The second kappa shape index (κ2) is 10.4. The standard InChI is InChI=1S/C20H23ClN2O6S/c1-4-23(5-2)30(26,27)16-9-6-14(7-10-16)20(25)29-13-19(24)22-15-8-11-18(28-3)17(21)12-15/h6-12H,4-5,13H2,1-3H3,(H,22,24). The molecule has 1 amide bonds. The van der Waals surface area contributed by atoms with Gasteiger partial charge in [0.25, 0.3) is 5.91 Å². The van der Waals surface area contributed by atoms with Crippen LogP contribution in [0.4, 0.5) is 5.69 Å². The minimum atomic E-state index is -3.62. The molecule has 30 heavy (non-hydrogen) atoms. The van der Waals surface area contributed by atoms with Gasteiger partial charge in [0, 0.05) is 18.8 Å². The van der Waals surface area contributed by atoms with Gasteiger partial charge in [-0.15, -0.1) is 0 Å². The van der Waals surface area contributed by atoms with E-state index in [1.165, 1.54) is 41.7 Å². The molecule has 8 nitrogen and oxygen atoms in total. The normalized spacial score (nSPS) is 11.2. The lowest BCUT2D eigenvalue weighted by Crippen LogP contribution is -2.30. The van der Waals surface area contributed by atoms with E-state index in [0.29, 0.717) is 29.5 Å². The highest BCUT2D eigenvalue weighted by atomic mass is 35.5. The number of carbonyl (C=O) groups excluding carboxylic acids is 2. The highest BCUT2D eigenvalue weighted by molar-refractivity contribution is 7.89. The van der Waals surface area contributed by atoms with Gasteiger partial charge in [0.1, 0.15) is 5.75 Å². The zero-order chi connectivity index (χ0) is 22.3. The Kier molecular flexibility index (Phi) is 8.22. The molecule has 2 aromatic rings. The number of nitrogens with zero attached hydrogens (tertiary/aromatic N) is 1. The zero-order valence-corrected chi connectivity index (χ0v) is 18.4. The quantitative estimate of drug-likeness (QED) is 0.584. The smallest absolute Gasteiger partial charge is 0.338 e. The molecular weight excluding hydrogens is 432 g/mol. The highest BCUT2D eigenvalue weighted by Gasteiger charge is 2.22. The third kappa shape index (κ3) is 5.71. The molecule has 2 aromatic carbocycles. The molecular formula is C20H23ClN2O6S. The molecule has 1 N–H and O–H groups in total. The molecule has 10 heteroatoms. The van der Waals surface area contributed by atoms with E-state index in [2.05, 4.69) is 5.32 Å². The van der Waals surface area contributed by atoms with Gasteiger partial charge in [0.2, 0.25) is 10.0 Å². The van der Waals surface area contributed by atoms with E-state index in [-0.39, 0.29) is 10.5 Å². The van der Waals surface area contributed by atoms with Crippen molar-refractivity contribution in [2.45, 2.75) is 18.7 Å². The monoisotopic (exact) mass is 454 g/mol. The van der Waals surface area contributed by atoms with Gasteiger partial charge in [-0.1, -0.05) is 25.4 Å². The predicted octanol–water partition coefficient (Wildman–Crippen LogP) is 3.17. The summed E-state index contributed by atoms with van der Waals surface area (Å²) in [5, 5.41) is 2.88. The molecule has 2 rings (SSSR count). The van der Waals surface area contributed by atoms with Crippen molar-refractivity contribution < 1.29 is 27.5 Å². The van der Waals surface area contributed by atoms with Crippen LogP contribution < -0.4 is 10.1 Å². The first-order valence-corrected chi connectivity index (χ1v) is 11.0. The van der Waals surface area contributed by atoms with Gasteiger partial charge < -0.3 is 14.8 Å². The van der Waals surface area contributed by atoms with Crippen LogP contribution in [0.25, 0.3) is 0 Å². The molecule has 0 aliphatic carbocycles. The number of ether oxygens (including phenoxy) is 2. The number of rotatable bonds is 9. The van der Waals surface area contributed by atoms with Crippen molar-refractivity contribution in [1.82, 2.24) is 4.31 Å². The minimum Gasteiger partial charge on any atom is -0.495 e. The first-order valence-electron chi connectivity index (χ1n) is 9.13. The average molecular weight is 455 g/mol. The molecule has 162 valence electrons. The third-order valence-electron chi connectivity index (χ3n) is 4.20. The number of hydrogen-bond donors (Lipinski definition) is 1. The molecule has 0 radical (unpaired) electrons. The topological polar surface area (TPSA) is 102 Å². The molecule has 0 heterocycles.